The van der Waals surface area contributed by atoms with Crippen molar-refractivity contribution < 1.29 is 0 Å². The lowest BCUT2D eigenvalue weighted by atomic mass is 9.87. The maximum absolute atomic E-state index is 4.81. The van der Waals surface area contributed by atoms with Crippen molar-refractivity contribution in [3.8, 4) is 0 Å². The Hall–Kier alpha value is -1.18. The average Bonchev–Trinajstić information content (AvgIpc) is 2.92. The molecule has 3 saturated heterocycles. The highest BCUT2D eigenvalue weighted by Gasteiger charge is 2.45. The van der Waals surface area contributed by atoms with Crippen molar-refractivity contribution >= 4 is 28.9 Å². The van der Waals surface area contributed by atoms with Gasteiger partial charge in [0.15, 0.2) is 5.16 Å². The van der Waals surface area contributed by atoms with Crippen molar-refractivity contribution in [2.75, 3.05) is 24.2 Å². The molecule has 2 aromatic rings. The number of rotatable bonds is 4. The second-order valence-electron chi connectivity index (χ2n) is 7.11. The van der Waals surface area contributed by atoms with Crippen LogP contribution in [0.15, 0.2) is 5.16 Å². The Morgan fingerprint density at radius 3 is 2.36 bits per heavy atom. The third kappa shape index (κ3) is 3.06. The molecule has 2 aromatic heterocycles. The zero-order chi connectivity index (χ0) is 17.7. The maximum atomic E-state index is 4.81. The van der Waals surface area contributed by atoms with Crippen molar-refractivity contribution in [3.05, 3.63) is 26.8 Å². The van der Waals surface area contributed by atoms with E-state index in [0.717, 1.165) is 36.3 Å². The summed E-state index contributed by atoms with van der Waals surface area (Å²) in [6, 6.07) is 1.26. The van der Waals surface area contributed by atoms with Crippen LogP contribution in [0.1, 0.15) is 33.3 Å². The van der Waals surface area contributed by atoms with Crippen LogP contribution >= 0.6 is 23.1 Å². The number of aryl methyl sites for hydroxylation is 3. The number of hydrogen-bond donors (Lipinski definition) is 0. The number of thioether (sulfide) groups is 1. The minimum Gasteiger partial charge on any atom is -0.353 e. The molecule has 3 aliphatic heterocycles. The Bertz CT molecular complexity index is 791. The first kappa shape index (κ1) is 17.2. The number of piperazine rings is 1. The molecule has 134 valence electrons. The van der Waals surface area contributed by atoms with Crippen LogP contribution in [-0.4, -0.2) is 51.3 Å². The SMILES string of the molecule is CSc1nc(C)c(C)c(N2CC3CC(C2)N3Cc2sc(C)nc2C)n1. The van der Waals surface area contributed by atoms with Crippen molar-refractivity contribution in [1.29, 1.82) is 0 Å². The molecular weight excluding hydrogens is 350 g/mol. The van der Waals surface area contributed by atoms with Crippen LogP contribution in [0.3, 0.4) is 0 Å². The second-order valence-corrected chi connectivity index (χ2v) is 9.17. The van der Waals surface area contributed by atoms with Crippen LogP contribution in [-0.2, 0) is 6.54 Å². The lowest BCUT2D eigenvalue weighted by molar-refractivity contribution is -0.00809. The van der Waals surface area contributed by atoms with Gasteiger partial charge in [0.25, 0.3) is 0 Å². The van der Waals surface area contributed by atoms with Gasteiger partial charge in [-0.1, -0.05) is 11.8 Å². The predicted octanol–water partition coefficient (Wildman–Crippen LogP) is 3.35. The molecule has 0 N–H and O–H groups in total. The van der Waals surface area contributed by atoms with Crippen LogP contribution < -0.4 is 4.90 Å². The molecular formula is C18H25N5S2. The standard InChI is InChI=1S/C18H25N5S2/c1-10-11(2)20-18(24-5)21-17(10)22-7-14-6-15(8-22)23(14)9-16-12(3)19-13(4)25-16/h14-15H,6-9H2,1-5H3. The summed E-state index contributed by atoms with van der Waals surface area (Å²) in [5.41, 5.74) is 3.53. The summed E-state index contributed by atoms with van der Waals surface area (Å²) in [5.74, 6) is 1.14. The molecule has 0 aliphatic carbocycles. The first-order valence-corrected chi connectivity index (χ1v) is 10.8. The van der Waals surface area contributed by atoms with Crippen LogP contribution in [0.4, 0.5) is 5.82 Å². The monoisotopic (exact) mass is 375 g/mol. The second kappa shape index (κ2) is 6.52. The number of nitrogens with zero attached hydrogens (tertiary/aromatic N) is 5. The first-order chi connectivity index (χ1) is 12.0. The minimum absolute atomic E-state index is 0.632. The number of piperidine rings is 1. The number of anilines is 1. The van der Waals surface area contributed by atoms with Crippen LogP contribution in [0.5, 0.6) is 0 Å². The molecule has 0 radical (unpaired) electrons. The molecule has 0 amide bonds. The summed E-state index contributed by atoms with van der Waals surface area (Å²) in [5, 5.41) is 2.06. The highest BCUT2D eigenvalue weighted by molar-refractivity contribution is 7.98. The number of thiazole rings is 1. The van der Waals surface area contributed by atoms with Gasteiger partial charge in [0.05, 0.1) is 10.7 Å². The van der Waals surface area contributed by atoms with E-state index in [1.807, 2.05) is 17.6 Å². The van der Waals surface area contributed by atoms with E-state index in [4.69, 9.17) is 4.98 Å². The first-order valence-electron chi connectivity index (χ1n) is 8.79. The van der Waals surface area contributed by atoms with E-state index in [2.05, 4.69) is 47.5 Å². The molecule has 25 heavy (non-hydrogen) atoms. The molecule has 0 aromatic carbocycles. The lowest BCUT2D eigenvalue weighted by Crippen LogP contribution is -2.68. The summed E-state index contributed by atoms with van der Waals surface area (Å²) in [6.45, 7) is 11.7. The Kier molecular flexibility index (Phi) is 4.50. The fraction of sp³-hybridized carbons (Fsp3) is 0.611. The van der Waals surface area contributed by atoms with Gasteiger partial charge in [-0.25, -0.2) is 15.0 Å². The smallest absolute Gasteiger partial charge is 0.189 e. The van der Waals surface area contributed by atoms with E-state index in [1.54, 1.807) is 11.8 Å². The molecule has 3 fully saturated rings. The zero-order valence-electron chi connectivity index (χ0n) is 15.5. The molecule has 5 nitrogen and oxygen atoms in total. The number of hydrogen-bond acceptors (Lipinski definition) is 7. The Balaban J connectivity index is 1.50. The van der Waals surface area contributed by atoms with Crippen LogP contribution in [0, 0.1) is 27.7 Å². The Labute approximate surface area is 157 Å². The molecule has 2 atom stereocenters. The van der Waals surface area contributed by atoms with Crippen LogP contribution in [0.25, 0.3) is 0 Å². The molecule has 2 unspecified atom stereocenters. The fourth-order valence-electron chi connectivity index (χ4n) is 3.99. The molecule has 0 saturated carbocycles. The van der Waals surface area contributed by atoms with E-state index < -0.39 is 0 Å². The van der Waals surface area contributed by atoms with Crippen molar-refractivity contribution in [2.45, 2.75) is 57.9 Å². The van der Waals surface area contributed by atoms with Crippen molar-refractivity contribution in [1.82, 2.24) is 19.9 Å². The average molecular weight is 376 g/mol. The molecule has 7 heteroatoms. The van der Waals surface area contributed by atoms with E-state index in [0.29, 0.717) is 12.1 Å². The van der Waals surface area contributed by atoms with Gasteiger partial charge in [-0.3, -0.25) is 4.90 Å². The topological polar surface area (TPSA) is 45.2 Å². The summed E-state index contributed by atoms with van der Waals surface area (Å²) >= 11 is 3.47. The normalized spacial score (nSPS) is 23.0. The van der Waals surface area contributed by atoms with Crippen molar-refractivity contribution in [3.63, 3.8) is 0 Å². The third-order valence-corrected chi connectivity index (χ3v) is 7.10. The summed E-state index contributed by atoms with van der Waals surface area (Å²) < 4.78 is 0. The highest BCUT2D eigenvalue weighted by Crippen LogP contribution is 2.37. The quantitative estimate of drug-likeness (QED) is 0.603. The molecule has 0 spiro atoms. The predicted molar refractivity (Wildman–Crippen MR) is 105 cm³/mol. The summed E-state index contributed by atoms with van der Waals surface area (Å²) in [6.07, 6.45) is 3.36. The van der Waals surface area contributed by atoms with Gasteiger partial charge < -0.3 is 4.90 Å². The van der Waals surface area contributed by atoms with E-state index in [9.17, 15) is 0 Å². The van der Waals surface area contributed by atoms with Gasteiger partial charge in [0.1, 0.15) is 5.82 Å². The largest absolute Gasteiger partial charge is 0.353 e. The van der Waals surface area contributed by atoms with E-state index in [1.165, 1.54) is 27.6 Å². The highest BCUT2D eigenvalue weighted by atomic mass is 32.2. The Morgan fingerprint density at radius 1 is 1.04 bits per heavy atom. The van der Waals surface area contributed by atoms with Gasteiger partial charge in [0.2, 0.25) is 0 Å². The lowest BCUT2D eigenvalue weighted by Gasteiger charge is -2.56. The molecule has 5 heterocycles. The maximum Gasteiger partial charge on any atom is 0.189 e. The van der Waals surface area contributed by atoms with Crippen molar-refractivity contribution in [2.24, 2.45) is 0 Å². The molecule has 2 bridgehead atoms. The van der Waals surface area contributed by atoms with E-state index >= 15 is 0 Å². The third-order valence-electron chi connectivity index (χ3n) is 5.50. The fourth-order valence-corrected chi connectivity index (χ4v) is 5.34. The number of fused-ring (bicyclic) bond motifs is 2. The van der Waals surface area contributed by atoms with Gasteiger partial charge in [-0.2, -0.15) is 0 Å². The Morgan fingerprint density at radius 2 is 1.76 bits per heavy atom. The van der Waals surface area contributed by atoms with E-state index in [-0.39, 0.29) is 0 Å². The van der Waals surface area contributed by atoms with Gasteiger partial charge in [-0.05, 0) is 40.4 Å². The minimum atomic E-state index is 0.632. The number of aromatic nitrogens is 3. The van der Waals surface area contributed by atoms with Gasteiger partial charge in [-0.15, -0.1) is 11.3 Å². The van der Waals surface area contributed by atoms with Gasteiger partial charge in [0, 0.05) is 47.9 Å². The zero-order valence-corrected chi connectivity index (χ0v) is 17.2. The van der Waals surface area contributed by atoms with Gasteiger partial charge >= 0.3 is 0 Å². The molecule has 3 aliphatic rings. The van der Waals surface area contributed by atoms with Crippen LogP contribution in [0.2, 0.25) is 0 Å². The summed E-state index contributed by atoms with van der Waals surface area (Å²) in [4.78, 5) is 20.5. The summed E-state index contributed by atoms with van der Waals surface area (Å²) in [7, 11) is 0. The molecule has 5 rings (SSSR count).